The lowest BCUT2D eigenvalue weighted by atomic mass is 9.85. The fourth-order valence-electron chi connectivity index (χ4n) is 6.69. The standard InChI is InChI=1S/C43H32P2/c1-44(35-16-4-2-5-17-35)45(36-18-6-3-7-19-36)37-28-26-32(27-29-37)42-38-20-10-12-22-40(38)43(41-23-13-11-21-39(41)42)34-25-24-31-14-8-9-15-33(31)30-34/h2-30H,1H3. The van der Waals surface area contributed by atoms with Crippen molar-refractivity contribution in [2.24, 2.45) is 0 Å². The van der Waals surface area contributed by atoms with E-state index < -0.39 is 15.2 Å². The van der Waals surface area contributed by atoms with Crippen LogP contribution in [-0.2, 0) is 0 Å². The first-order valence-electron chi connectivity index (χ1n) is 15.4. The van der Waals surface area contributed by atoms with Crippen LogP contribution >= 0.6 is 15.2 Å². The second-order valence-electron chi connectivity index (χ2n) is 11.5. The Labute approximate surface area is 267 Å². The molecule has 0 N–H and O–H groups in total. The van der Waals surface area contributed by atoms with Crippen molar-refractivity contribution in [3.8, 4) is 22.3 Å². The fraction of sp³-hybridized carbons (Fsp3) is 0.0233. The van der Waals surface area contributed by atoms with Gasteiger partial charge in [0.15, 0.2) is 0 Å². The van der Waals surface area contributed by atoms with E-state index in [0.717, 1.165) is 0 Å². The van der Waals surface area contributed by atoms with Gasteiger partial charge in [-0.05, 0) is 98.4 Å². The van der Waals surface area contributed by atoms with Gasteiger partial charge < -0.3 is 0 Å². The molecule has 45 heavy (non-hydrogen) atoms. The van der Waals surface area contributed by atoms with Crippen LogP contribution in [0.4, 0.5) is 0 Å². The molecule has 0 bridgehead atoms. The Bertz CT molecular complexity index is 2220. The monoisotopic (exact) mass is 610 g/mol. The lowest BCUT2D eigenvalue weighted by Gasteiger charge is -2.26. The maximum Gasteiger partial charge on any atom is -0.00262 e. The van der Waals surface area contributed by atoms with Crippen LogP contribution < -0.4 is 15.9 Å². The van der Waals surface area contributed by atoms with Crippen molar-refractivity contribution < 1.29 is 0 Å². The highest BCUT2D eigenvalue weighted by atomic mass is 32.1. The van der Waals surface area contributed by atoms with E-state index in [1.165, 1.54) is 70.5 Å². The zero-order chi connectivity index (χ0) is 30.2. The van der Waals surface area contributed by atoms with Crippen LogP contribution in [0.5, 0.6) is 0 Å². The molecule has 0 heterocycles. The quantitative estimate of drug-likeness (QED) is 0.130. The summed E-state index contributed by atoms with van der Waals surface area (Å²) < 4.78 is 0. The Balaban J connectivity index is 1.30. The largest absolute Gasteiger partial charge is 0.0622 e. The molecule has 0 saturated heterocycles. The van der Waals surface area contributed by atoms with Crippen LogP contribution in [0, 0.1) is 0 Å². The highest BCUT2D eigenvalue weighted by Crippen LogP contribution is 2.64. The maximum absolute atomic E-state index is 2.45. The Morgan fingerprint density at radius 2 is 0.756 bits per heavy atom. The average Bonchev–Trinajstić information content (AvgIpc) is 3.11. The van der Waals surface area contributed by atoms with Gasteiger partial charge in [0.25, 0.3) is 0 Å². The molecule has 0 aromatic heterocycles. The topological polar surface area (TPSA) is 0 Å². The van der Waals surface area contributed by atoms with Crippen molar-refractivity contribution in [1.82, 2.24) is 0 Å². The summed E-state index contributed by atoms with van der Waals surface area (Å²) in [5.41, 5.74) is 5.13. The van der Waals surface area contributed by atoms with Crippen LogP contribution in [0.15, 0.2) is 176 Å². The van der Waals surface area contributed by atoms with E-state index in [2.05, 4.69) is 183 Å². The summed E-state index contributed by atoms with van der Waals surface area (Å²) in [6.07, 6.45) is 0. The molecular formula is C43H32P2. The van der Waals surface area contributed by atoms with Gasteiger partial charge in [0, 0.05) is 0 Å². The third kappa shape index (κ3) is 5.15. The van der Waals surface area contributed by atoms with Gasteiger partial charge in [0.2, 0.25) is 0 Å². The fourth-order valence-corrected chi connectivity index (χ4v) is 13.4. The highest BCUT2D eigenvalue weighted by molar-refractivity contribution is 8.38. The molecule has 2 unspecified atom stereocenters. The van der Waals surface area contributed by atoms with Crippen LogP contribution in [-0.4, -0.2) is 6.66 Å². The number of benzene rings is 8. The molecule has 0 spiro atoms. The van der Waals surface area contributed by atoms with Crippen molar-refractivity contribution in [2.75, 3.05) is 6.66 Å². The molecule has 0 aliphatic heterocycles. The minimum Gasteiger partial charge on any atom is -0.0622 e. The molecule has 0 aliphatic carbocycles. The van der Waals surface area contributed by atoms with Gasteiger partial charge in [-0.2, -0.15) is 0 Å². The lowest BCUT2D eigenvalue weighted by Crippen LogP contribution is -2.14. The Morgan fingerprint density at radius 1 is 0.333 bits per heavy atom. The third-order valence-electron chi connectivity index (χ3n) is 8.80. The van der Waals surface area contributed by atoms with Gasteiger partial charge in [-0.25, -0.2) is 0 Å². The van der Waals surface area contributed by atoms with E-state index in [-0.39, 0.29) is 0 Å². The van der Waals surface area contributed by atoms with E-state index in [0.29, 0.717) is 0 Å². The van der Waals surface area contributed by atoms with Crippen molar-refractivity contribution in [1.29, 1.82) is 0 Å². The summed E-state index contributed by atoms with van der Waals surface area (Å²) in [5, 5.41) is 12.0. The van der Waals surface area contributed by atoms with Crippen LogP contribution in [0.2, 0.25) is 0 Å². The summed E-state index contributed by atoms with van der Waals surface area (Å²) in [6.45, 7) is 2.45. The second kappa shape index (κ2) is 12.1. The number of fused-ring (bicyclic) bond motifs is 3. The minimum absolute atomic E-state index is 0.390. The zero-order valence-electron chi connectivity index (χ0n) is 25.1. The highest BCUT2D eigenvalue weighted by Gasteiger charge is 2.23. The number of rotatable bonds is 6. The van der Waals surface area contributed by atoms with E-state index >= 15 is 0 Å². The minimum atomic E-state index is -0.524. The van der Waals surface area contributed by atoms with E-state index in [9.17, 15) is 0 Å². The molecule has 2 heteroatoms. The van der Waals surface area contributed by atoms with Crippen LogP contribution in [0.3, 0.4) is 0 Å². The maximum atomic E-state index is 2.45. The van der Waals surface area contributed by atoms with E-state index in [1.54, 1.807) is 0 Å². The first kappa shape index (κ1) is 27.9. The molecule has 0 aliphatic rings. The van der Waals surface area contributed by atoms with Gasteiger partial charge in [0.1, 0.15) is 0 Å². The summed E-state index contributed by atoms with van der Waals surface area (Å²) in [5.74, 6) is 0. The Kier molecular flexibility index (Phi) is 7.48. The van der Waals surface area contributed by atoms with Gasteiger partial charge in [0.05, 0.1) is 0 Å². The molecule has 8 rings (SSSR count). The van der Waals surface area contributed by atoms with Crippen LogP contribution in [0.25, 0.3) is 54.6 Å². The third-order valence-corrected chi connectivity index (χ3v) is 15.9. The Morgan fingerprint density at radius 3 is 1.33 bits per heavy atom. The van der Waals surface area contributed by atoms with E-state index in [1.807, 2.05) is 0 Å². The number of hydrogen-bond donors (Lipinski definition) is 0. The van der Waals surface area contributed by atoms with Crippen LogP contribution in [0.1, 0.15) is 0 Å². The molecule has 8 aromatic carbocycles. The van der Waals surface area contributed by atoms with Crippen molar-refractivity contribution in [2.45, 2.75) is 0 Å². The molecular weight excluding hydrogens is 578 g/mol. The van der Waals surface area contributed by atoms with Gasteiger partial charge in [-0.3, -0.25) is 0 Å². The SMILES string of the molecule is CP(c1ccccc1)P(c1ccccc1)c1ccc(-c2c3ccccc3c(-c3ccc4ccccc4c3)c3ccccc23)cc1. The number of hydrogen-bond acceptors (Lipinski definition) is 0. The van der Waals surface area contributed by atoms with Crippen molar-refractivity contribution in [3.05, 3.63) is 176 Å². The Hall–Kier alpha value is -4.60. The first-order chi connectivity index (χ1) is 22.3. The normalized spacial score (nSPS) is 12.8. The second-order valence-corrected chi connectivity index (χ2v) is 17.7. The van der Waals surface area contributed by atoms with Gasteiger partial charge in [-0.1, -0.05) is 170 Å². The molecule has 0 radical (unpaired) electrons. The molecule has 0 fully saturated rings. The summed E-state index contributed by atoms with van der Waals surface area (Å²) in [7, 11) is -0.915. The van der Waals surface area contributed by atoms with E-state index in [4.69, 9.17) is 0 Å². The lowest BCUT2D eigenvalue weighted by molar-refractivity contribution is 1.67. The first-order valence-corrected chi connectivity index (χ1v) is 19.3. The molecule has 214 valence electrons. The summed E-state index contributed by atoms with van der Waals surface area (Å²) in [6, 6.07) is 65.1. The predicted molar refractivity (Wildman–Crippen MR) is 201 cm³/mol. The molecule has 2 atom stereocenters. The molecule has 0 amide bonds. The molecule has 8 aromatic rings. The predicted octanol–water partition coefficient (Wildman–Crippen LogP) is 11.3. The molecule has 0 saturated carbocycles. The van der Waals surface area contributed by atoms with Crippen molar-refractivity contribution in [3.63, 3.8) is 0 Å². The zero-order valence-corrected chi connectivity index (χ0v) is 26.9. The molecule has 0 nitrogen and oxygen atoms in total. The van der Waals surface area contributed by atoms with Crippen molar-refractivity contribution >= 4 is 63.5 Å². The summed E-state index contributed by atoms with van der Waals surface area (Å²) in [4.78, 5) is 0. The average molecular weight is 611 g/mol. The van der Waals surface area contributed by atoms with Gasteiger partial charge in [-0.15, -0.1) is 0 Å². The summed E-state index contributed by atoms with van der Waals surface area (Å²) >= 11 is 0. The van der Waals surface area contributed by atoms with Gasteiger partial charge >= 0.3 is 0 Å². The smallest absolute Gasteiger partial charge is 0.00262 e.